The van der Waals surface area contributed by atoms with Crippen LogP contribution in [0.2, 0.25) is 0 Å². The summed E-state index contributed by atoms with van der Waals surface area (Å²) in [6, 6.07) is 2.71. The van der Waals surface area contributed by atoms with Gasteiger partial charge in [-0.3, -0.25) is 4.98 Å². The van der Waals surface area contributed by atoms with E-state index in [2.05, 4.69) is 21.3 Å². The number of hydrogen-bond acceptors (Lipinski definition) is 4. The molecule has 3 heterocycles. The summed E-state index contributed by atoms with van der Waals surface area (Å²) in [5.41, 5.74) is 1.19. The normalized spacial score (nSPS) is 28.2. The lowest BCUT2D eigenvalue weighted by molar-refractivity contribution is 0.412. The number of nitrogens with zero attached hydrogens (tertiary/aromatic N) is 2. The Balaban J connectivity index is 1.86. The predicted molar refractivity (Wildman–Crippen MR) is 62.9 cm³/mol. The summed E-state index contributed by atoms with van der Waals surface area (Å²) in [5.74, 6) is 1.64. The molecular formula is C12H17N3O. The Morgan fingerprint density at radius 2 is 2.38 bits per heavy atom. The molecule has 0 spiro atoms. The zero-order valence-electron chi connectivity index (χ0n) is 9.52. The number of nitrogens with one attached hydrogen (secondary N) is 1. The van der Waals surface area contributed by atoms with E-state index < -0.39 is 0 Å². The molecule has 4 heteroatoms. The molecule has 0 saturated carbocycles. The Bertz CT molecular complexity index is 382. The minimum atomic E-state index is 0.632. The highest BCUT2D eigenvalue weighted by Crippen LogP contribution is 2.31. The molecule has 1 aromatic rings. The predicted octanol–water partition coefficient (Wildman–Crippen LogP) is 0.888. The Labute approximate surface area is 95.6 Å². The second-order valence-corrected chi connectivity index (χ2v) is 4.65. The number of ether oxygens (including phenoxy) is 1. The number of hydrogen-bond donors (Lipinski definition) is 1. The molecule has 1 N–H and O–H groups in total. The van der Waals surface area contributed by atoms with Crippen molar-refractivity contribution in [2.75, 3.05) is 31.6 Å². The first-order chi connectivity index (χ1) is 7.86. The van der Waals surface area contributed by atoms with Gasteiger partial charge in [0.15, 0.2) is 0 Å². The van der Waals surface area contributed by atoms with Gasteiger partial charge < -0.3 is 15.0 Å². The maximum Gasteiger partial charge on any atom is 0.139 e. The summed E-state index contributed by atoms with van der Waals surface area (Å²) in [6.07, 6.45) is 5.00. The molecule has 0 amide bonds. The average molecular weight is 219 g/mol. The fraction of sp³-hybridized carbons (Fsp3) is 0.583. The van der Waals surface area contributed by atoms with Crippen LogP contribution in [-0.2, 0) is 0 Å². The van der Waals surface area contributed by atoms with Crippen LogP contribution < -0.4 is 15.0 Å². The smallest absolute Gasteiger partial charge is 0.139 e. The first kappa shape index (κ1) is 9.90. The van der Waals surface area contributed by atoms with Crippen LogP contribution in [0.5, 0.6) is 5.75 Å². The highest BCUT2D eigenvalue weighted by molar-refractivity contribution is 5.50. The van der Waals surface area contributed by atoms with Gasteiger partial charge in [-0.25, -0.2) is 0 Å². The summed E-state index contributed by atoms with van der Waals surface area (Å²) in [7, 11) is 1.69. The minimum absolute atomic E-state index is 0.632. The second-order valence-electron chi connectivity index (χ2n) is 4.65. The molecule has 16 heavy (non-hydrogen) atoms. The molecule has 0 radical (unpaired) electrons. The molecule has 1 aromatic heterocycles. The molecule has 0 aromatic carbocycles. The van der Waals surface area contributed by atoms with E-state index in [0.29, 0.717) is 6.04 Å². The van der Waals surface area contributed by atoms with Gasteiger partial charge in [-0.05, 0) is 18.9 Å². The molecule has 0 aliphatic carbocycles. The lowest BCUT2D eigenvalue weighted by atomic mass is 10.0. The van der Waals surface area contributed by atoms with Crippen LogP contribution in [-0.4, -0.2) is 37.8 Å². The molecule has 2 saturated heterocycles. The van der Waals surface area contributed by atoms with Crippen LogP contribution in [0, 0.1) is 5.92 Å². The van der Waals surface area contributed by atoms with E-state index in [0.717, 1.165) is 31.3 Å². The summed E-state index contributed by atoms with van der Waals surface area (Å²) >= 11 is 0. The lowest BCUT2D eigenvalue weighted by Crippen LogP contribution is -2.39. The SMILES string of the molecule is COc1cncc(N2C[C@@H]3CNC[C@@H]2C3)c1. The van der Waals surface area contributed by atoms with E-state index in [1.54, 1.807) is 13.3 Å². The maximum atomic E-state index is 5.22. The fourth-order valence-electron chi connectivity index (χ4n) is 2.80. The van der Waals surface area contributed by atoms with Crippen molar-refractivity contribution in [2.24, 2.45) is 5.92 Å². The van der Waals surface area contributed by atoms with E-state index in [4.69, 9.17) is 4.74 Å². The third kappa shape index (κ3) is 1.63. The quantitative estimate of drug-likeness (QED) is 0.801. The molecule has 2 aliphatic heterocycles. The Morgan fingerprint density at radius 1 is 1.44 bits per heavy atom. The van der Waals surface area contributed by atoms with Crippen LogP contribution in [0.3, 0.4) is 0 Å². The van der Waals surface area contributed by atoms with Crippen molar-refractivity contribution >= 4 is 5.69 Å². The molecule has 0 unspecified atom stereocenters. The number of piperidine rings is 1. The zero-order chi connectivity index (χ0) is 11.0. The van der Waals surface area contributed by atoms with Gasteiger partial charge in [0.25, 0.3) is 0 Å². The highest BCUT2D eigenvalue weighted by Gasteiger charge is 2.35. The van der Waals surface area contributed by atoms with Crippen molar-refractivity contribution < 1.29 is 4.74 Å². The van der Waals surface area contributed by atoms with Crippen molar-refractivity contribution in [3.8, 4) is 5.75 Å². The number of aromatic nitrogens is 1. The van der Waals surface area contributed by atoms with E-state index in [1.165, 1.54) is 12.1 Å². The lowest BCUT2D eigenvalue weighted by Gasteiger charge is -2.26. The number of rotatable bonds is 2. The van der Waals surface area contributed by atoms with Crippen LogP contribution in [0.25, 0.3) is 0 Å². The van der Waals surface area contributed by atoms with Crippen molar-refractivity contribution in [2.45, 2.75) is 12.5 Å². The Hall–Kier alpha value is -1.29. The highest BCUT2D eigenvalue weighted by atomic mass is 16.5. The number of fused-ring (bicyclic) bond motifs is 2. The van der Waals surface area contributed by atoms with Crippen molar-refractivity contribution in [1.82, 2.24) is 10.3 Å². The van der Waals surface area contributed by atoms with Crippen molar-refractivity contribution in [3.05, 3.63) is 18.5 Å². The third-order valence-corrected chi connectivity index (χ3v) is 3.58. The van der Waals surface area contributed by atoms with Crippen LogP contribution in [0.15, 0.2) is 18.5 Å². The molecule has 2 bridgehead atoms. The van der Waals surface area contributed by atoms with E-state index in [-0.39, 0.29) is 0 Å². The molecule has 86 valence electrons. The molecule has 2 aliphatic rings. The monoisotopic (exact) mass is 219 g/mol. The molecular weight excluding hydrogens is 202 g/mol. The van der Waals surface area contributed by atoms with Gasteiger partial charge in [0.05, 0.1) is 25.2 Å². The number of anilines is 1. The van der Waals surface area contributed by atoms with Gasteiger partial charge in [0, 0.05) is 25.2 Å². The summed E-state index contributed by atoms with van der Waals surface area (Å²) in [4.78, 5) is 6.69. The summed E-state index contributed by atoms with van der Waals surface area (Å²) in [5, 5.41) is 3.48. The first-order valence-corrected chi connectivity index (χ1v) is 5.83. The minimum Gasteiger partial charge on any atom is -0.495 e. The van der Waals surface area contributed by atoms with Crippen molar-refractivity contribution in [3.63, 3.8) is 0 Å². The van der Waals surface area contributed by atoms with Gasteiger partial charge in [0.1, 0.15) is 5.75 Å². The summed E-state index contributed by atoms with van der Waals surface area (Å²) in [6.45, 7) is 3.39. The van der Waals surface area contributed by atoms with Gasteiger partial charge in [0.2, 0.25) is 0 Å². The van der Waals surface area contributed by atoms with Crippen LogP contribution >= 0.6 is 0 Å². The number of pyridine rings is 1. The summed E-state index contributed by atoms with van der Waals surface area (Å²) < 4.78 is 5.22. The van der Waals surface area contributed by atoms with E-state index in [1.807, 2.05) is 6.20 Å². The van der Waals surface area contributed by atoms with E-state index in [9.17, 15) is 0 Å². The Kier molecular flexibility index (Phi) is 2.44. The first-order valence-electron chi connectivity index (χ1n) is 5.83. The van der Waals surface area contributed by atoms with Gasteiger partial charge in [-0.2, -0.15) is 0 Å². The Morgan fingerprint density at radius 3 is 3.19 bits per heavy atom. The van der Waals surface area contributed by atoms with E-state index >= 15 is 0 Å². The fourth-order valence-corrected chi connectivity index (χ4v) is 2.80. The third-order valence-electron chi connectivity index (χ3n) is 3.58. The van der Waals surface area contributed by atoms with Crippen LogP contribution in [0.1, 0.15) is 6.42 Å². The average Bonchev–Trinajstić information content (AvgIpc) is 2.64. The van der Waals surface area contributed by atoms with Crippen LogP contribution in [0.4, 0.5) is 5.69 Å². The number of methoxy groups -OCH3 is 1. The molecule has 4 nitrogen and oxygen atoms in total. The molecule has 2 atom stereocenters. The van der Waals surface area contributed by atoms with Gasteiger partial charge in [-0.1, -0.05) is 0 Å². The topological polar surface area (TPSA) is 37.4 Å². The van der Waals surface area contributed by atoms with Gasteiger partial charge >= 0.3 is 0 Å². The van der Waals surface area contributed by atoms with Gasteiger partial charge in [-0.15, -0.1) is 0 Å². The maximum absolute atomic E-state index is 5.22. The molecule has 2 fully saturated rings. The zero-order valence-corrected chi connectivity index (χ0v) is 9.52. The standard InChI is InChI=1S/C12H17N3O/c1-16-12-3-11(6-14-7-12)15-8-9-2-10(15)5-13-4-9/h3,6-7,9-10,13H,2,4-5,8H2,1H3/t9-,10-/m0/s1. The molecule has 3 rings (SSSR count). The largest absolute Gasteiger partial charge is 0.495 e. The second kappa shape index (κ2) is 3.94. The van der Waals surface area contributed by atoms with Crippen molar-refractivity contribution in [1.29, 1.82) is 0 Å².